The van der Waals surface area contributed by atoms with Gasteiger partial charge in [0.25, 0.3) is 0 Å². The molecule has 0 amide bonds. The molecular weight excluding hydrogens is 238 g/mol. The van der Waals surface area contributed by atoms with Crippen LogP contribution in [-0.2, 0) is 10.2 Å². The molecule has 1 fully saturated rings. The standard InChI is InChI=1S/C16H25NO2/c1-12-9-17-14(10-18-12)11-19-15-7-5-6-13(8-15)16(2,3)4/h5-8,12,14,17H,9-11H2,1-4H3. The van der Waals surface area contributed by atoms with Gasteiger partial charge in [-0.1, -0.05) is 32.9 Å². The zero-order valence-corrected chi connectivity index (χ0v) is 12.4. The SMILES string of the molecule is CC1CNC(COc2cccc(C(C)(C)C)c2)CO1. The average Bonchev–Trinajstić information content (AvgIpc) is 2.37. The number of ether oxygens (including phenoxy) is 2. The molecule has 0 aliphatic carbocycles. The Morgan fingerprint density at radius 2 is 2.16 bits per heavy atom. The second-order valence-corrected chi connectivity index (χ2v) is 6.34. The van der Waals surface area contributed by atoms with Gasteiger partial charge in [0, 0.05) is 6.54 Å². The highest BCUT2D eigenvalue weighted by atomic mass is 16.5. The Morgan fingerprint density at radius 3 is 2.79 bits per heavy atom. The predicted molar refractivity (Wildman–Crippen MR) is 77.8 cm³/mol. The molecule has 2 atom stereocenters. The maximum atomic E-state index is 5.87. The van der Waals surface area contributed by atoms with Gasteiger partial charge in [-0.2, -0.15) is 0 Å². The van der Waals surface area contributed by atoms with E-state index in [1.807, 2.05) is 6.07 Å². The first-order valence-corrected chi connectivity index (χ1v) is 7.03. The summed E-state index contributed by atoms with van der Waals surface area (Å²) in [7, 11) is 0. The first-order chi connectivity index (χ1) is 8.95. The second-order valence-electron chi connectivity index (χ2n) is 6.34. The van der Waals surface area contributed by atoms with Gasteiger partial charge in [-0.15, -0.1) is 0 Å². The molecule has 3 heteroatoms. The van der Waals surface area contributed by atoms with Crippen LogP contribution in [0.1, 0.15) is 33.3 Å². The lowest BCUT2D eigenvalue weighted by Gasteiger charge is -2.28. The van der Waals surface area contributed by atoms with Gasteiger partial charge in [0.1, 0.15) is 12.4 Å². The molecule has 0 saturated carbocycles. The minimum Gasteiger partial charge on any atom is -0.492 e. The number of rotatable bonds is 3. The van der Waals surface area contributed by atoms with Crippen LogP contribution in [0.15, 0.2) is 24.3 Å². The summed E-state index contributed by atoms with van der Waals surface area (Å²) in [5.74, 6) is 0.938. The maximum Gasteiger partial charge on any atom is 0.119 e. The van der Waals surface area contributed by atoms with Crippen LogP contribution in [0.3, 0.4) is 0 Å². The van der Waals surface area contributed by atoms with Crippen LogP contribution in [0.4, 0.5) is 0 Å². The molecule has 3 nitrogen and oxygen atoms in total. The quantitative estimate of drug-likeness (QED) is 0.909. The van der Waals surface area contributed by atoms with E-state index in [1.54, 1.807) is 0 Å². The van der Waals surface area contributed by atoms with Gasteiger partial charge in [0.2, 0.25) is 0 Å². The molecule has 0 aromatic heterocycles. The molecule has 1 aromatic rings. The van der Waals surface area contributed by atoms with Crippen molar-refractivity contribution in [3.05, 3.63) is 29.8 Å². The molecule has 1 N–H and O–H groups in total. The number of benzene rings is 1. The monoisotopic (exact) mass is 263 g/mol. The third-order valence-electron chi connectivity index (χ3n) is 3.43. The highest BCUT2D eigenvalue weighted by Gasteiger charge is 2.19. The van der Waals surface area contributed by atoms with Crippen LogP contribution in [0.25, 0.3) is 0 Å². The van der Waals surface area contributed by atoms with Gasteiger partial charge in [-0.25, -0.2) is 0 Å². The lowest BCUT2D eigenvalue weighted by atomic mass is 9.87. The van der Waals surface area contributed by atoms with Crippen molar-refractivity contribution in [1.29, 1.82) is 0 Å². The Hall–Kier alpha value is -1.06. The van der Waals surface area contributed by atoms with Gasteiger partial charge in [-0.05, 0) is 30.0 Å². The van der Waals surface area contributed by atoms with Crippen LogP contribution in [0.2, 0.25) is 0 Å². The summed E-state index contributed by atoms with van der Waals surface area (Å²) < 4.78 is 11.5. The molecule has 2 unspecified atom stereocenters. The minimum atomic E-state index is 0.154. The molecule has 1 aliphatic heterocycles. The molecule has 1 aromatic carbocycles. The van der Waals surface area contributed by atoms with Gasteiger partial charge in [0.05, 0.1) is 18.8 Å². The molecule has 1 aliphatic rings. The average molecular weight is 263 g/mol. The van der Waals surface area contributed by atoms with Gasteiger partial charge in [-0.3, -0.25) is 0 Å². The van der Waals surface area contributed by atoms with Crippen molar-refractivity contribution in [2.75, 3.05) is 19.8 Å². The van der Waals surface area contributed by atoms with Crippen molar-refractivity contribution in [2.45, 2.75) is 45.3 Å². The second kappa shape index (κ2) is 5.93. The molecule has 0 radical (unpaired) electrons. The van der Waals surface area contributed by atoms with Crippen LogP contribution in [-0.4, -0.2) is 31.9 Å². The molecule has 1 heterocycles. The van der Waals surface area contributed by atoms with Crippen molar-refractivity contribution in [3.8, 4) is 5.75 Å². The van der Waals surface area contributed by atoms with E-state index < -0.39 is 0 Å². The summed E-state index contributed by atoms with van der Waals surface area (Å²) in [5.41, 5.74) is 1.45. The predicted octanol–water partition coefficient (Wildman–Crippen LogP) is 2.74. The zero-order valence-electron chi connectivity index (χ0n) is 12.4. The van der Waals surface area contributed by atoms with E-state index >= 15 is 0 Å². The topological polar surface area (TPSA) is 30.5 Å². The first-order valence-electron chi connectivity index (χ1n) is 7.03. The lowest BCUT2D eigenvalue weighted by molar-refractivity contribution is 0.00455. The number of nitrogens with one attached hydrogen (secondary N) is 1. The maximum absolute atomic E-state index is 5.87. The van der Waals surface area contributed by atoms with Crippen molar-refractivity contribution < 1.29 is 9.47 Å². The number of hydrogen-bond donors (Lipinski definition) is 1. The summed E-state index contributed by atoms with van der Waals surface area (Å²) in [6.07, 6.45) is 0.306. The van der Waals surface area contributed by atoms with Gasteiger partial charge < -0.3 is 14.8 Å². The lowest BCUT2D eigenvalue weighted by Crippen LogP contribution is -2.48. The largest absolute Gasteiger partial charge is 0.492 e. The van der Waals surface area contributed by atoms with E-state index in [0.717, 1.165) is 18.9 Å². The van der Waals surface area contributed by atoms with Crippen LogP contribution in [0.5, 0.6) is 5.75 Å². The number of morpholine rings is 1. The molecule has 1 saturated heterocycles. The van der Waals surface area contributed by atoms with E-state index in [1.165, 1.54) is 5.56 Å². The van der Waals surface area contributed by atoms with Crippen molar-refractivity contribution in [3.63, 3.8) is 0 Å². The van der Waals surface area contributed by atoms with E-state index in [-0.39, 0.29) is 11.5 Å². The third kappa shape index (κ3) is 4.22. The fourth-order valence-corrected chi connectivity index (χ4v) is 2.09. The summed E-state index contributed by atoms with van der Waals surface area (Å²) in [5, 5.41) is 3.43. The highest BCUT2D eigenvalue weighted by Crippen LogP contribution is 2.25. The summed E-state index contributed by atoms with van der Waals surface area (Å²) in [6, 6.07) is 8.64. The molecular formula is C16H25NO2. The Morgan fingerprint density at radius 1 is 1.37 bits per heavy atom. The summed E-state index contributed by atoms with van der Waals surface area (Å²) >= 11 is 0. The number of hydrogen-bond acceptors (Lipinski definition) is 3. The highest BCUT2D eigenvalue weighted by molar-refractivity contribution is 5.32. The summed E-state index contributed by atoms with van der Waals surface area (Å²) in [4.78, 5) is 0. The molecule has 106 valence electrons. The van der Waals surface area contributed by atoms with Crippen LogP contribution >= 0.6 is 0 Å². The molecule has 0 bridgehead atoms. The van der Waals surface area contributed by atoms with E-state index in [4.69, 9.17) is 9.47 Å². The third-order valence-corrected chi connectivity index (χ3v) is 3.43. The smallest absolute Gasteiger partial charge is 0.119 e. The van der Waals surface area contributed by atoms with Crippen molar-refractivity contribution in [2.24, 2.45) is 0 Å². The Balaban J connectivity index is 1.89. The normalized spacial score (nSPS) is 24.2. The van der Waals surface area contributed by atoms with E-state index in [9.17, 15) is 0 Å². The van der Waals surface area contributed by atoms with Crippen molar-refractivity contribution >= 4 is 0 Å². The fourth-order valence-electron chi connectivity index (χ4n) is 2.09. The summed E-state index contributed by atoms with van der Waals surface area (Å²) in [6.45, 7) is 11.0. The van der Waals surface area contributed by atoms with Gasteiger partial charge >= 0.3 is 0 Å². The molecule has 19 heavy (non-hydrogen) atoms. The molecule has 0 spiro atoms. The van der Waals surface area contributed by atoms with Crippen molar-refractivity contribution in [1.82, 2.24) is 5.32 Å². The Kier molecular flexibility index (Phi) is 4.48. The molecule has 2 rings (SSSR count). The van der Waals surface area contributed by atoms with Crippen LogP contribution < -0.4 is 10.1 Å². The Labute approximate surface area is 116 Å². The fraction of sp³-hybridized carbons (Fsp3) is 0.625. The minimum absolute atomic E-state index is 0.154. The zero-order chi connectivity index (χ0) is 13.9. The Bertz CT molecular complexity index is 403. The van der Waals surface area contributed by atoms with E-state index in [2.05, 4.69) is 51.2 Å². The van der Waals surface area contributed by atoms with E-state index in [0.29, 0.717) is 12.7 Å². The first kappa shape index (κ1) is 14.4. The van der Waals surface area contributed by atoms with Crippen LogP contribution in [0, 0.1) is 0 Å². The van der Waals surface area contributed by atoms with Gasteiger partial charge in [0.15, 0.2) is 0 Å².